The quantitative estimate of drug-likeness (QED) is 0.839. The summed E-state index contributed by atoms with van der Waals surface area (Å²) in [6.07, 6.45) is 0.674. The van der Waals surface area contributed by atoms with Gasteiger partial charge in [0.15, 0.2) is 11.4 Å². The van der Waals surface area contributed by atoms with Crippen LogP contribution < -0.4 is 5.32 Å². The number of nitrogens with zero attached hydrogens (tertiary/aromatic N) is 1. The molecule has 0 fully saturated rings. The molecule has 0 saturated heterocycles. The highest BCUT2D eigenvalue weighted by atomic mass is 16.5. The Hall–Kier alpha value is -2.04. The molecule has 2 rings (SSSR count). The predicted octanol–water partition coefficient (Wildman–Crippen LogP) is 2.83. The molecule has 0 aliphatic heterocycles. The summed E-state index contributed by atoms with van der Waals surface area (Å²) in [7, 11) is 1.39. The van der Waals surface area contributed by atoms with Gasteiger partial charge in [0.2, 0.25) is 0 Å². The monoisotopic (exact) mass is 262 g/mol. The van der Waals surface area contributed by atoms with Gasteiger partial charge >= 0.3 is 5.97 Å². The Morgan fingerprint density at radius 2 is 2.16 bits per heavy atom. The highest BCUT2D eigenvalue weighted by molar-refractivity contribution is 5.90. The van der Waals surface area contributed by atoms with Gasteiger partial charge in [0.05, 0.1) is 12.5 Å². The van der Waals surface area contributed by atoms with Crippen molar-refractivity contribution in [1.29, 1.82) is 0 Å². The van der Waals surface area contributed by atoms with E-state index in [2.05, 4.69) is 24.3 Å². The zero-order valence-electron chi connectivity index (χ0n) is 11.3. The van der Waals surface area contributed by atoms with Crippen molar-refractivity contribution in [3.05, 3.63) is 24.3 Å². The average Bonchev–Trinajstić information content (AvgIpc) is 2.80. The van der Waals surface area contributed by atoms with E-state index in [-0.39, 0.29) is 5.97 Å². The van der Waals surface area contributed by atoms with E-state index >= 15 is 0 Å². The summed E-state index contributed by atoms with van der Waals surface area (Å²) >= 11 is 0. The number of hydrogen-bond donors (Lipinski definition) is 1. The zero-order valence-corrected chi connectivity index (χ0v) is 11.3. The first-order valence-electron chi connectivity index (χ1n) is 6.30. The van der Waals surface area contributed by atoms with Crippen LogP contribution in [0.2, 0.25) is 0 Å². The zero-order chi connectivity index (χ0) is 13.8. The fourth-order valence-corrected chi connectivity index (χ4v) is 1.98. The van der Waals surface area contributed by atoms with Crippen molar-refractivity contribution in [3.8, 4) is 0 Å². The first-order chi connectivity index (χ1) is 9.11. The molecule has 0 radical (unpaired) electrons. The fourth-order valence-electron chi connectivity index (χ4n) is 1.98. The lowest BCUT2D eigenvalue weighted by Gasteiger charge is -2.17. The summed E-state index contributed by atoms with van der Waals surface area (Å²) in [5.41, 5.74) is 0.693. The molecule has 2 aromatic rings. The second-order valence-corrected chi connectivity index (χ2v) is 4.88. The van der Waals surface area contributed by atoms with Crippen molar-refractivity contribution in [2.24, 2.45) is 5.92 Å². The van der Waals surface area contributed by atoms with Gasteiger partial charge in [-0.15, -0.1) is 0 Å². The number of nitrogens with one attached hydrogen (secondary N) is 1. The van der Waals surface area contributed by atoms with E-state index in [1.807, 2.05) is 24.3 Å². The lowest BCUT2D eigenvalue weighted by Crippen LogP contribution is -2.32. The molecule has 0 saturated carbocycles. The minimum atomic E-state index is -0.418. The van der Waals surface area contributed by atoms with E-state index in [1.165, 1.54) is 7.11 Å². The summed E-state index contributed by atoms with van der Waals surface area (Å²) < 4.78 is 10.0. The summed E-state index contributed by atoms with van der Waals surface area (Å²) in [6, 6.07) is 7.10. The van der Waals surface area contributed by atoms with Crippen molar-refractivity contribution in [2.75, 3.05) is 12.4 Å². The molecule has 0 amide bonds. The van der Waals surface area contributed by atoms with Crippen molar-refractivity contribution < 1.29 is 14.1 Å². The van der Waals surface area contributed by atoms with Crippen molar-refractivity contribution in [1.82, 2.24) is 5.16 Å². The van der Waals surface area contributed by atoms with Gasteiger partial charge in [-0.25, -0.2) is 4.79 Å². The number of rotatable bonds is 5. The molecule has 0 aliphatic carbocycles. The largest absolute Gasteiger partial charge is 0.467 e. The van der Waals surface area contributed by atoms with Crippen LogP contribution in [0.4, 0.5) is 5.82 Å². The number of carbonyl (C=O) groups is 1. The molecule has 1 atom stereocenters. The number of methoxy groups -OCH3 is 1. The molecule has 1 aromatic heterocycles. The SMILES string of the molecule is COC(=O)C(CC(C)C)Nc1noc2ccccc12. The van der Waals surface area contributed by atoms with Crippen LogP contribution in [0.25, 0.3) is 11.0 Å². The first-order valence-corrected chi connectivity index (χ1v) is 6.30. The molecule has 0 bridgehead atoms. The lowest BCUT2D eigenvalue weighted by atomic mass is 10.0. The number of esters is 1. The van der Waals surface area contributed by atoms with Crippen molar-refractivity contribution in [3.63, 3.8) is 0 Å². The molecule has 102 valence electrons. The van der Waals surface area contributed by atoms with Gasteiger partial charge in [-0.1, -0.05) is 31.1 Å². The predicted molar refractivity (Wildman–Crippen MR) is 72.9 cm³/mol. The number of benzene rings is 1. The molecule has 1 N–H and O–H groups in total. The maximum Gasteiger partial charge on any atom is 0.328 e. The van der Waals surface area contributed by atoms with Crippen LogP contribution in [0.1, 0.15) is 20.3 Å². The molecule has 0 spiro atoms. The molecule has 19 heavy (non-hydrogen) atoms. The van der Waals surface area contributed by atoms with Crippen molar-refractivity contribution in [2.45, 2.75) is 26.3 Å². The fraction of sp³-hybridized carbons (Fsp3) is 0.429. The average molecular weight is 262 g/mol. The Morgan fingerprint density at radius 3 is 2.84 bits per heavy atom. The normalized spacial score (nSPS) is 12.6. The van der Waals surface area contributed by atoms with Crippen LogP contribution in [0.5, 0.6) is 0 Å². The van der Waals surface area contributed by atoms with Crippen molar-refractivity contribution >= 4 is 22.8 Å². The topological polar surface area (TPSA) is 64.4 Å². The number of fused-ring (bicyclic) bond motifs is 1. The minimum absolute atomic E-state index is 0.291. The Labute approximate surface area is 111 Å². The van der Waals surface area contributed by atoms with Gasteiger partial charge in [-0.05, 0) is 24.5 Å². The molecule has 1 heterocycles. The molecule has 0 aliphatic rings. The third-order valence-electron chi connectivity index (χ3n) is 2.88. The lowest BCUT2D eigenvalue weighted by molar-refractivity contribution is -0.141. The van der Waals surface area contributed by atoms with Gasteiger partial charge < -0.3 is 14.6 Å². The van der Waals surface area contributed by atoms with Gasteiger partial charge in [0.1, 0.15) is 6.04 Å². The summed E-state index contributed by atoms with van der Waals surface area (Å²) in [4.78, 5) is 11.8. The van der Waals surface area contributed by atoms with Gasteiger partial charge in [-0.2, -0.15) is 0 Å². The Bertz CT molecular complexity index is 563. The van der Waals surface area contributed by atoms with Crippen LogP contribution >= 0.6 is 0 Å². The highest BCUT2D eigenvalue weighted by Crippen LogP contribution is 2.23. The maximum atomic E-state index is 11.8. The first kappa shape index (κ1) is 13.4. The minimum Gasteiger partial charge on any atom is -0.467 e. The smallest absolute Gasteiger partial charge is 0.328 e. The standard InChI is InChI=1S/C14H18N2O3/c1-9(2)8-11(14(17)18-3)15-13-10-6-4-5-7-12(10)19-16-13/h4-7,9,11H,8H2,1-3H3,(H,15,16). The van der Waals surface area contributed by atoms with Crippen LogP contribution in [-0.4, -0.2) is 24.3 Å². The van der Waals surface area contributed by atoms with E-state index in [9.17, 15) is 4.79 Å². The van der Waals surface area contributed by atoms with Gasteiger partial charge in [-0.3, -0.25) is 0 Å². The summed E-state index contributed by atoms with van der Waals surface area (Å²) in [6.45, 7) is 4.11. The van der Waals surface area contributed by atoms with Crippen LogP contribution in [-0.2, 0) is 9.53 Å². The Balaban J connectivity index is 2.23. The van der Waals surface area contributed by atoms with E-state index in [4.69, 9.17) is 9.26 Å². The Kier molecular flexibility index (Phi) is 4.04. The highest BCUT2D eigenvalue weighted by Gasteiger charge is 2.22. The second-order valence-electron chi connectivity index (χ2n) is 4.88. The number of aromatic nitrogens is 1. The number of para-hydroxylation sites is 1. The van der Waals surface area contributed by atoms with Crippen LogP contribution in [0.15, 0.2) is 28.8 Å². The summed E-state index contributed by atoms with van der Waals surface area (Å²) in [5.74, 6) is 0.655. The maximum absolute atomic E-state index is 11.8. The van der Waals surface area contributed by atoms with Crippen LogP contribution in [0.3, 0.4) is 0 Å². The summed E-state index contributed by atoms with van der Waals surface area (Å²) in [5, 5.41) is 7.93. The number of anilines is 1. The van der Waals surface area contributed by atoms with Gasteiger partial charge in [0, 0.05) is 0 Å². The molecule has 1 unspecified atom stereocenters. The molecule has 5 nitrogen and oxygen atoms in total. The second kappa shape index (κ2) is 5.73. The third kappa shape index (κ3) is 3.05. The number of hydrogen-bond acceptors (Lipinski definition) is 5. The molecular weight excluding hydrogens is 244 g/mol. The third-order valence-corrected chi connectivity index (χ3v) is 2.88. The van der Waals surface area contributed by atoms with E-state index in [0.717, 1.165) is 5.39 Å². The molecular formula is C14H18N2O3. The van der Waals surface area contributed by atoms with E-state index in [1.54, 1.807) is 0 Å². The Morgan fingerprint density at radius 1 is 1.42 bits per heavy atom. The number of ether oxygens (including phenoxy) is 1. The van der Waals surface area contributed by atoms with Gasteiger partial charge in [0.25, 0.3) is 0 Å². The van der Waals surface area contributed by atoms with Crippen LogP contribution in [0, 0.1) is 5.92 Å². The molecule has 1 aromatic carbocycles. The van der Waals surface area contributed by atoms with E-state index in [0.29, 0.717) is 23.7 Å². The number of carbonyl (C=O) groups excluding carboxylic acids is 1. The van der Waals surface area contributed by atoms with E-state index < -0.39 is 6.04 Å². The molecule has 5 heteroatoms.